The molecular weight excluding hydrogens is 270 g/mol. The number of thiophene rings is 1. The molecule has 102 valence electrons. The predicted molar refractivity (Wildman–Crippen MR) is 83.6 cm³/mol. The number of nitrogens with two attached hydrogens (primary N) is 1. The maximum atomic E-state index is 5.83. The fourth-order valence-electron chi connectivity index (χ4n) is 2.07. The summed E-state index contributed by atoms with van der Waals surface area (Å²) in [6.07, 6.45) is 0. The number of rotatable bonds is 4. The molecule has 0 spiro atoms. The van der Waals surface area contributed by atoms with E-state index in [4.69, 9.17) is 15.2 Å². The molecule has 0 aliphatic rings. The van der Waals surface area contributed by atoms with Crippen molar-refractivity contribution in [3.8, 4) is 11.5 Å². The fourth-order valence-corrected chi connectivity index (χ4v) is 3.03. The van der Waals surface area contributed by atoms with Gasteiger partial charge in [0.1, 0.15) is 6.61 Å². The number of methoxy groups -OCH3 is 1. The lowest BCUT2D eigenvalue weighted by atomic mass is 10.2. The molecule has 20 heavy (non-hydrogen) atoms. The van der Waals surface area contributed by atoms with Crippen molar-refractivity contribution in [2.24, 2.45) is 0 Å². The maximum Gasteiger partial charge on any atom is 0.161 e. The smallest absolute Gasteiger partial charge is 0.161 e. The van der Waals surface area contributed by atoms with E-state index >= 15 is 0 Å². The van der Waals surface area contributed by atoms with Gasteiger partial charge in [0.05, 0.1) is 7.11 Å². The molecule has 1 heterocycles. The molecule has 0 fully saturated rings. The first-order valence-electron chi connectivity index (χ1n) is 6.30. The monoisotopic (exact) mass is 285 g/mol. The van der Waals surface area contributed by atoms with Crippen LogP contribution in [0.15, 0.2) is 48.5 Å². The topological polar surface area (TPSA) is 44.5 Å². The van der Waals surface area contributed by atoms with Gasteiger partial charge in [-0.05, 0) is 41.8 Å². The van der Waals surface area contributed by atoms with Gasteiger partial charge in [-0.3, -0.25) is 0 Å². The minimum atomic E-state index is 0.527. The Morgan fingerprint density at radius 1 is 1.05 bits per heavy atom. The highest BCUT2D eigenvalue weighted by Gasteiger charge is 2.06. The predicted octanol–water partition coefficient (Wildman–Crippen LogP) is 4.07. The molecule has 0 saturated carbocycles. The summed E-state index contributed by atoms with van der Waals surface area (Å²) >= 11 is 1.72. The second-order valence-corrected chi connectivity index (χ2v) is 5.62. The van der Waals surface area contributed by atoms with Crippen LogP contribution < -0.4 is 15.2 Å². The van der Waals surface area contributed by atoms with Crippen LogP contribution in [0.1, 0.15) is 4.88 Å². The molecule has 3 aromatic rings. The standard InChI is InChI=1S/C16H15NO2S/c1-18-14-4-2-3-5-15(14)19-10-13-9-11-8-12(17)6-7-16(11)20-13/h2-9H,10,17H2,1H3. The van der Waals surface area contributed by atoms with Gasteiger partial charge < -0.3 is 15.2 Å². The van der Waals surface area contributed by atoms with E-state index in [1.807, 2.05) is 42.5 Å². The van der Waals surface area contributed by atoms with Gasteiger partial charge in [0.25, 0.3) is 0 Å². The fraction of sp³-hybridized carbons (Fsp3) is 0.125. The largest absolute Gasteiger partial charge is 0.493 e. The van der Waals surface area contributed by atoms with Gasteiger partial charge in [0.15, 0.2) is 11.5 Å². The zero-order valence-corrected chi connectivity index (χ0v) is 11.9. The van der Waals surface area contributed by atoms with Crippen molar-refractivity contribution < 1.29 is 9.47 Å². The number of hydrogen-bond donors (Lipinski definition) is 1. The Kier molecular flexibility index (Phi) is 3.48. The molecule has 0 radical (unpaired) electrons. The van der Waals surface area contributed by atoms with E-state index in [2.05, 4.69) is 6.07 Å². The van der Waals surface area contributed by atoms with Gasteiger partial charge in [-0.15, -0.1) is 11.3 Å². The van der Waals surface area contributed by atoms with Crippen molar-refractivity contribution in [1.82, 2.24) is 0 Å². The number of anilines is 1. The summed E-state index contributed by atoms with van der Waals surface area (Å²) in [6.45, 7) is 0.527. The van der Waals surface area contributed by atoms with Crippen LogP contribution in [0.5, 0.6) is 11.5 Å². The third-order valence-corrected chi connectivity index (χ3v) is 4.12. The summed E-state index contributed by atoms with van der Waals surface area (Å²) in [4.78, 5) is 1.16. The summed E-state index contributed by atoms with van der Waals surface area (Å²) in [5.41, 5.74) is 6.58. The Bertz CT molecular complexity index is 736. The van der Waals surface area contributed by atoms with Crippen molar-refractivity contribution in [1.29, 1.82) is 0 Å². The number of hydrogen-bond acceptors (Lipinski definition) is 4. The zero-order valence-electron chi connectivity index (χ0n) is 11.1. The Balaban J connectivity index is 1.79. The Morgan fingerprint density at radius 3 is 2.65 bits per heavy atom. The minimum Gasteiger partial charge on any atom is -0.493 e. The molecule has 0 amide bonds. The van der Waals surface area contributed by atoms with E-state index in [-0.39, 0.29) is 0 Å². The first-order chi connectivity index (χ1) is 9.76. The highest BCUT2D eigenvalue weighted by atomic mass is 32.1. The quantitative estimate of drug-likeness (QED) is 0.735. The molecule has 0 saturated heterocycles. The second kappa shape index (κ2) is 5.43. The van der Waals surface area contributed by atoms with Gasteiger partial charge >= 0.3 is 0 Å². The van der Waals surface area contributed by atoms with Crippen LogP contribution in [-0.4, -0.2) is 7.11 Å². The highest BCUT2D eigenvalue weighted by Crippen LogP contribution is 2.30. The summed E-state index contributed by atoms with van der Waals surface area (Å²) in [7, 11) is 1.64. The van der Waals surface area contributed by atoms with Crippen molar-refractivity contribution in [2.75, 3.05) is 12.8 Å². The third-order valence-electron chi connectivity index (χ3n) is 3.03. The van der Waals surface area contributed by atoms with Crippen molar-refractivity contribution in [2.45, 2.75) is 6.61 Å². The number of benzene rings is 2. The number of ether oxygens (including phenoxy) is 2. The minimum absolute atomic E-state index is 0.527. The average Bonchev–Trinajstić information content (AvgIpc) is 2.87. The molecule has 3 rings (SSSR count). The van der Waals surface area contributed by atoms with E-state index in [1.54, 1.807) is 18.4 Å². The maximum absolute atomic E-state index is 5.83. The van der Waals surface area contributed by atoms with Crippen LogP contribution in [0.3, 0.4) is 0 Å². The summed E-state index contributed by atoms with van der Waals surface area (Å²) in [5, 5.41) is 1.16. The first kappa shape index (κ1) is 12.8. The molecule has 0 unspecified atom stereocenters. The van der Waals surface area contributed by atoms with E-state index < -0.39 is 0 Å². The molecular formula is C16H15NO2S. The molecule has 0 bridgehead atoms. The molecule has 2 N–H and O–H groups in total. The molecule has 3 nitrogen and oxygen atoms in total. The van der Waals surface area contributed by atoms with Gasteiger partial charge in [-0.25, -0.2) is 0 Å². The van der Waals surface area contributed by atoms with E-state index in [1.165, 1.54) is 4.70 Å². The lowest BCUT2D eigenvalue weighted by Gasteiger charge is -2.08. The Labute approximate surface area is 121 Å². The third kappa shape index (κ3) is 2.56. The molecule has 2 aromatic carbocycles. The molecule has 0 atom stereocenters. The Hall–Kier alpha value is -2.20. The van der Waals surface area contributed by atoms with Gasteiger partial charge in [0, 0.05) is 15.3 Å². The van der Waals surface area contributed by atoms with Crippen LogP contribution in [-0.2, 0) is 6.61 Å². The van der Waals surface area contributed by atoms with E-state index in [0.29, 0.717) is 6.61 Å². The van der Waals surface area contributed by atoms with Crippen LogP contribution in [0.25, 0.3) is 10.1 Å². The van der Waals surface area contributed by atoms with E-state index in [0.717, 1.165) is 27.4 Å². The van der Waals surface area contributed by atoms with Crippen LogP contribution in [0, 0.1) is 0 Å². The SMILES string of the molecule is COc1ccccc1OCc1cc2cc(N)ccc2s1. The second-order valence-electron chi connectivity index (χ2n) is 4.45. The van der Waals surface area contributed by atoms with Crippen molar-refractivity contribution in [3.05, 3.63) is 53.4 Å². The van der Waals surface area contributed by atoms with Gasteiger partial charge in [0.2, 0.25) is 0 Å². The van der Waals surface area contributed by atoms with Crippen molar-refractivity contribution in [3.63, 3.8) is 0 Å². The normalized spacial score (nSPS) is 10.7. The zero-order chi connectivity index (χ0) is 13.9. The highest BCUT2D eigenvalue weighted by molar-refractivity contribution is 7.19. The van der Waals surface area contributed by atoms with Crippen LogP contribution in [0.2, 0.25) is 0 Å². The lowest BCUT2D eigenvalue weighted by molar-refractivity contribution is 0.287. The first-order valence-corrected chi connectivity index (χ1v) is 7.11. The molecule has 0 aliphatic carbocycles. The summed E-state index contributed by atoms with van der Waals surface area (Å²) in [6, 6.07) is 15.7. The van der Waals surface area contributed by atoms with Gasteiger partial charge in [-0.2, -0.15) is 0 Å². The van der Waals surface area contributed by atoms with Crippen molar-refractivity contribution >= 4 is 27.1 Å². The van der Waals surface area contributed by atoms with Crippen LogP contribution >= 0.6 is 11.3 Å². The molecule has 0 aliphatic heterocycles. The molecule has 1 aromatic heterocycles. The number of para-hydroxylation sites is 2. The lowest BCUT2D eigenvalue weighted by Crippen LogP contribution is -1.95. The average molecular weight is 285 g/mol. The van der Waals surface area contributed by atoms with Gasteiger partial charge in [-0.1, -0.05) is 12.1 Å². The number of fused-ring (bicyclic) bond motifs is 1. The van der Waals surface area contributed by atoms with Crippen LogP contribution in [0.4, 0.5) is 5.69 Å². The number of nitrogen functional groups attached to an aromatic ring is 1. The molecule has 4 heteroatoms. The summed E-state index contributed by atoms with van der Waals surface area (Å²) < 4.78 is 12.3. The van der Waals surface area contributed by atoms with E-state index in [9.17, 15) is 0 Å². The summed E-state index contributed by atoms with van der Waals surface area (Å²) in [5.74, 6) is 1.50. The Morgan fingerprint density at radius 2 is 1.85 bits per heavy atom.